The van der Waals surface area contributed by atoms with Gasteiger partial charge in [0.2, 0.25) is 0 Å². The average Bonchev–Trinajstić information content (AvgIpc) is 3.26. The van der Waals surface area contributed by atoms with Gasteiger partial charge in [0.05, 0.1) is 0 Å². The van der Waals surface area contributed by atoms with Gasteiger partial charge in [-0.05, 0) is 83.5 Å². The van der Waals surface area contributed by atoms with Crippen LogP contribution in [0, 0.1) is 0 Å². The highest BCUT2D eigenvalue weighted by Gasteiger charge is 2.19. The summed E-state index contributed by atoms with van der Waals surface area (Å²) in [5.41, 5.74) is 0. The fourth-order valence-corrected chi connectivity index (χ4v) is 6.21. The van der Waals surface area contributed by atoms with Crippen molar-refractivity contribution < 1.29 is 28.6 Å². The second-order valence-corrected chi connectivity index (χ2v) is 15.8. The van der Waals surface area contributed by atoms with E-state index in [0.29, 0.717) is 19.3 Å². The molecule has 0 heterocycles. The molecule has 0 bridgehead atoms. The largest absolute Gasteiger partial charge is 0.462 e. The minimum absolute atomic E-state index is 0.111. The molecule has 0 aromatic carbocycles. The lowest BCUT2D eigenvalue weighted by Crippen LogP contribution is -2.30. The van der Waals surface area contributed by atoms with Crippen LogP contribution in [-0.2, 0) is 28.6 Å². The molecule has 0 radical (unpaired) electrons. The van der Waals surface area contributed by atoms with E-state index in [0.717, 1.165) is 109 Å². The van der Waals surface area contributed by atoms with Gasteiger partial charge in [0.25, 0.3) is 0 Å². The molecular weight excluding hydrogens is 757 g/mol. The lowest BCUT2D eigenvalue weighted by molar-refractivity contribution is -0.167. The summed E-state index contributed by atoms with van der Waals surface area (Å²) in [4.78, 5) is 37.8. The van der Waals surface area contributed by atoms with E-state index in [9.17, 15) is 14.4 Å². The molecule has 0 amide bonds. The number of unbranched alkanes of at least 4 members (excludes halogenated alkanes) is 19. The second-order valence-electron chi connectivity index (χ2n) is 15.8. The summed E-state index contributed by atoms with van der Waals surface area (Å²) in [6.45, 7) is 6.35. The van der Waals surface area contributed by atoms with E-state index in [1.165, 1.54) is 44.9 Å². The molecule has 0 aliphatic heterocycles. The Morgan fingerprint density at radius 3 is 1.11 bits per heavy atom. The zero-order valence-electron chi connectivity index (χ0n) is 39.1. The molecule has 0 aliphatic carbocycles. The summed E-state index contributed by atoms with van der Waals surface area (Å²) in [6.07, 6.45) is 65.0. The summed E-state index contributed by atoms with van der Waals surface area (Å²) in [6, 6.07) is 0. The van der Waals surface area contributed by atoms with Crippen molar-refractivity contribution in [1.29, 1.82) is 0 Å². The van der Waals surface area contributed by atoms with Gasteiger partial charge in [-0.25, -0.2) is 0 Å². The Morgan fingerprint density at radius 1 is 0.344 bits per heavy atom. The summed E-state index contributed by atoms with van der Waals surface area (Å²) in [7, 11) is 0. The Kier molecular flexibility index (Phi) is 45.6. The van der Waals surface area contributed by atoms with E-state index in [1.54, 1.807) is 0 Å². The topological polar surface area (TPSA) is 78.9 Å². The first-order chi connectivity index (χ1) is 30.0. The number of allylic oxidation sites excluding steroid dienone is 18. The van der Waals surface area contributed by atoms with E-state index in [4.69, 9.17) is 14.2 Å². The number of hydrogen-bond acceptors (Lipinski definition) is 6. The molecule has 0 aromatic heterocycles. The van der Waals surface area contributed by atoms with Crippen LogP contribution in [0.15, 0.2) is 109 Å². The van der Waals surface area contributed by atoms with Crippen LogP contribution in [0.5, 0.6) is 0 Å². The summed E-state index contributed by atoms with van der Waals surface area (Å²) in [5.74, 6) is -0.995. The van der Waals surface area contributed by atoms with Gasteiger partial charge in [0.1, 0.15) is 13.2 Å². The van der Waals surface area contributed by atoms with Crippen LogP contribution in [0.3, 0.4) is 0 Å². The van der Waals surface area contributed by atoms with Crippen LogP contribution in [0.1, 0.15) is 201 Å². The average molecular weight is 845 g/mol. The van der Waals surface area contributed by atoms with Crippen molar-refractivity contribution in [3.05, 3.63) is 109 Å². The van der Waals surface area contributed by atoms with Crippen molar-refractivity contribution in [3.8, 4) is 0 Å². The van der Waals surface area contributed by atoms with E-state index in [1.807, 2.05) is 48.6 Å². The Bertz CT molecular complexity index is 1290. The Balaban J connectivity index is 4.51. The number of carbonyl (C=O) groups is 3. The molecule has 0 saturated heterocycles. The third kappa shape index (κ3) is 47.0. The third-order valence-electron chi connectivity index (χ3n) is 9.92. The van der Waals surface area contributed by atoms with E-state index in [-0.39, 0.29) is 37.5 Å². The standard InChI is InChI=1S/C55H88O6/c1-4-7-10-13-16-19-22-24-26-27-28-30-31-33-36-39-42-45-48-54(57)60-51-52(50-59-53(56)47-44-41-38-35-21-18-15-12-9-6-3)61-55(58)49-46-43-40-37-34-32-29-25-23-20-17-14-11-8-5-2/h8,11,14-15,17-18,20,22-30,32,34,52H,4-7,9-10,12-13,16,19,21,31,33,35-51H2,1-3H3/b11-8-,17-14-,18-15-,23-20-,24-22-,27-26-,29-25-,30-28-,34-32-. The van der Waals surface area contributed by atoms with Crippen molar-refractivity contribution >= 4 is 17.9 Å². The lowest BCUT2D eigenvalue weighted by atomic mass is 10.1. The van der Waals surface area contributed by atoms with E-state index >= 15 is 0 Å². The van der Waals surface area contributed by atoms with E-state index in [2.05, 4.69) is 81.5 Å². The highest BCUT2D eigenvalue weighted by atomic mass is 16.6. The first-order valence-corrected chi connectivity index (χ1v) is 24.5. The number of carbonyl (C=O) groups excluding carboxylic acids is 3. The van der Waals surface area contributed by atoms with Crippen LogP contribution in [-0.4, -0.2) is 37.2 Å². The van der Waals surface area contributed by atoms with Gasteiger partial charge in [-0.2, -0.15) is 0 Å². The van der Waals surface area contributed by atoms with Crippen LogP contribution in [0.2, 0.25) is 0 Å². The molecule has 6 heteroatoms. The summed E-state index contributed by atoms with van der Waals surface area (Å²) >= 11 is 0. The maximum absolute atomic E-state index is 12.7. The van der Waals surface area contributed by atoms with Crippen molar-refractivity contribution in [2.75, 3.05) is 13.2 Å². The Morgan fingerprint density at radius 2 is 0.672 bits per heavy atom. The molecule has 0 rings (SSSR count). The Hall–Kier alpha value is -3.93. The van der Waals surface area contributed by atoms with Gasteiger partial charge in [-0.3, -0.25) is 14.4 Å². The molecule has 0 fully saturated rings. The van der Waals surface area contributed by atoms with Gasteiger partial charge in [0.15, 0.2) is 6.10 Å². The molecule has 0 aromatic rings. The van der Waals surface area contributed by atoms with Gasteiger partial charge in [0, 0.05) is 19.3 Å². The Labute approximate surface area is 374 Å². The van der Waals surface area contributed by atoms with Gasteiger partial charge in [-0.1, -0.05) is 207 Å². The molecular formula is C55H88O6. The normalized spacial score (nSPS) is 13.0. The fraction of sp³-hybridized carbons (Fsp3) is 0.618. The molecule has 344 valence electrons. The molecule has 1 atom stereocenters. The van der Waals surface area contributed by atoms with Crippen LogP contribution in [0.4, 0.5) is 0 Å². The molecule has 0 aliphatic rings. The van der Waals surface area contributed by atoms with Crippen molar-refractivity contribution in [2.24, 2.45) is 0 Å². The predicted octanol–water partition coefficient (Wildman–Crippen LogP) is 16.0. The lowest BCUT2D eigenvalue weighted by Gasteiger charge is -2.18. The van der Waals surface area contributed by atoms with Crippen molar-refractivity contribution in [2.45, 2.75) is 207 Å². The SMILES string of the molecule is CC\C=C/C=C\C=C/C=C\C=C/CCCCCC(=O)OC(COC(=O)CCCCCC/C=C\CCCC)COC(=O)CCCCCCC\C=C/C=C\C=C/CCCCCCC. The minimum Gasteiger partial charge on any atom is -0.462 e. The molecule has 0 saturated carbocycles. The number of esters is 3. The molecule has 1 unspecified atom stereocenters. The van der Waals surface area contributed by atoms with Crippen LogP contribution < -0.4 is 0 Å². The number of rotatable bonds is 42. The predicted molar refractivity (Wildman–Crippen MR) is 260 cm³/mol. The molecule has 6 nitrogen and oxygen atoms in total. The number of hydrogen-bond donors (Lipinski definition) is 0. The molecule has 0 N–H and O–H groups in total. The first-order valence-electron chi connectivity index (χ1n) is 24.5. The maximum atomic E-state index is 12.7. The maximum Gasteiger partial charge on any atom is 0.306 e. The highest BCUT2D eigenvalue weighted by molar-refractivity contribution is 5.71. The minimum atomic E-state index is -0.814. The van der Waals surface area contributed by atoms with Crippen molar-refractivity contribution in [3.63, 3.8) is 0 Å². The first kappa shape index (κ1) is 57.1. The smallest absolute Gasteiger partial charge is 0.306 e. The van der Waals surface area contributed by atoms with Gasteiger partial charge >= 0.3 is 17.9 Å². The third-order valence-corrected chi connectivity index (χ3v) is 9.92. The van der Waals surface area contributed by atoms with Gasteiger partial charge < -0.3 is 14.2 Å². The highest BCUT2D eigenvalue weighted by Crippen LogP contribution is 2.12. The molecule has 61 heavy (non-hydrogen) atoms. The van der Waals surface area contributed by atoms with Crippen molar-refractivity contribution in [1.82, 2.24) is 0 Å². The second kappa shape index (κ2) is 48.7. The zero-order valence-corrected chi connectivity index (χ0v) is 39.1. The summed E-state index contributed by atoms with van der Waals surface area (Å²) in [5, 5.41) is 0. The fourth-order valence-electron chi connectivity index (χ4n) is 6.21. The number of ether oxygens (including phenoxy) is 3. The monoisotopic (exact) mass is 845 g/mol. The quantitative estimate of drug-likeness (QED) is 0.0200. The van der Waals surface area contributed by atoms with Crippen LogP contribution >= 0.6 is 0 Å². The van der Waals surface area contributed by atoms with Gasteiger partial charge in [-0.15, -0.1) is 0 Å². The summed E-state index contributed by atoms with van der Waals surface area (Å²) < 4.78 is 16.7. The molecule has 0 spiro atoms. The van der Waals surface area contributed by atoms with Crippen LogP contribution in [0.25, 0.3) is 0 Å². The zero-order chi connectivity index (χ0) is 44.4. The van der Waals surface area contributed by atoms with E-state index < -0.39 is 6.10 Å².